The highest BCUT2D eigenvalue weighted by molar-refractivity contribution is 7.98. The number of thioether (sulfide) groups is 1. The number of morpholine rings is 1. The van der Waals surface area contributed by atoms with E-state index in [1.54, 1.807) is 11.8 Å². The van der Waals surface area contributed by atoms with E-state index >= 15 is 0 Å². The second-order valence-corrected chi connectivity index (χ2v) is 8.57. The molecule has 1 aromatic heterocycles. The van der Waals surface area contributed by atoms with Gasteiger partial charge in [0.15, 0.2) is 0 Å². The summed E-state index contributed by atoms with van der Waals surface area (Å²) in [6.07, 6.45) is 6.33. The monoisotopic (exact) mass is 364 g/mol. The largest absolute Gasteiger partial charge is 0.378 e. The maximum Gasteiger partial charge on any atom is 0.225 e. The highest BCUT2D eigenvalue weighted by atomic mass is 32.2. The molecule has 1 N–H and O–H groups in total. The summed E-state index contributed by atoms with van der Waals surface area (Å²) in [4.78, 5) is 23.8. The number of amides is 1. The average molecular weight is 365 g/mol. The third-order valence-corrected chi connectivity index (χ3v) is 5.44. The van der Waals surface area contributed by atoms with Gasteiger partial charge in [-0.1, -0.05) is 13.8 Å². The summed E-state index contributed by atoms with van der Waals surface area (Å²) in [6.45, 7) is 7.59. The van der Waals surface area contributed by atoms with Gasteiger partial charge in [-0.2, -0.15) is 11.8 Å². The van der Waals surface area contributed by atoms with Gasteiger partial charge < -0.3 is 15.0 Å². The van der Waals surface area contributed by atoms with E-state index in [4.69, 9.17) is 9.72 Å². The van der Waals surface area contributed by atoms with Crippen LogP contribution in [0.5, 0.6) is 0 Å². The van der Waals surface area contributed by atoms with Gasteiger partial charge in [0, 0.05) is 37.0 Å². The van der Waals surface area contributed by atoms with E-state index in [0.717, 1.165) is 62.1 Å². The summed E-state index contributed by atoms with van der Waals surface area (Å²) in [7, 11) is 0. The third kappa shape index (κ3) is 4.64. The Bertz CT molecular complexity index is 617. The van der Waals surface area contributed by atoms with Crippen LogP contribution in [-0.2, 0) is 16.0 Å². The van der Waals surface area contributed by atoms with Crippen molar-refractivity contribution >= 4 is 23.6 Å². The summed E-state index contributed by atoms with van der Waals surface area (Å²) in [5, 5.41) is 3.20. The van der Waals surface area contributed by atoms with Crippen LogP contribution in [0.4, 0.5) is 5.95 Å². The van der Waals surface area contributed by atoms with Crippen molar-refractivity contribution in [3.05, 3.63) is 17.5 Å². The predicted molar refractivity (Wildman–Crippen MR) is 101 cm³/mol. The fraction of sp³-hybridized carbons (Fsp3) is 0.722. The van der Waals surface area contributed by atoms with E-state index in [1.165, 1.54) is 0 Å². The van der Waals surface area contributed by atoms with Crippen LogP contribution in [0.25, 0.3) is 0 Å². The topological polar surface area (TPSA) is 67.4 Å². The van der Waals surface area contributed by atoms with Gasteiger partial charge in [0.05, 0.1) is 24.9 Å². The Labute approximate surface area is 154 Å². The Hall–Kier alpha value is -1.34. The van der Waals surface area contributed by atoms with Crippen molar-refractivity contribution in [1.29, 1.82) is 0 Å². The van der Waals surface area contributed by atoms with Gasteiger partial charge in [-0.3, -0.25) is 4.79 Å². The lowest BCUT2D eigenvalue weighted by molar-refractivity contribution is -0.121. The third-order valence-electron chi connectivity index (χ3n) is 4.83. The summed E-state index contributed by atoms with van der Waals surface area (Å²) < 4.78 is 5.41. The molecule has 1 atom stereocenters. The first-order chi connectivity index (χ1) is 12.0. The van der Waals surface area contributed by atoms with Gasteiger partial charge in [0.1, 0.15) is 0 Å². The van der Waals surface area contributed by atoms with Gasteiger partial charge in [0.2, 0.25) is 11.9 Å². The molecule has 0 saturated carbocycles. The zero-order valence-corrected chi connectivity index (χ0v) is 16.2. The number of anilines is 1. The minimum Gasteiger partial charge on any atom is -0.378 e. The molecule has 1 aliphatic carbocycles. The van der Waals surface area contributed by atoms with Crippen LogP contribution in [-0.4, -0.2) is 54.2 Å². The Balaban J connectivity index is 1.80. The molecule has 1 aromatic rings. The number of hydrogen-bond acceptors (Lipinski definition) is 6. The number of hydrogen-bond donors (Lipinski definition) is 1. The molecular formula is C18H28N4O2S. The summed E-state index contributed by atoms with van der Waals surface area (Å²) in [6, 6.07) is 0.00634. The van der Waals surface area contributed by atoms with Crippen molar-refractivity contribution in [3.8, 4) is 0 Å². The van der Waals surface area contributed by atoms with Crippen molar-refractivity contribution in [1.82, 2.24) is 15.3 Å². The second kappa shape index (κ2) is 7.91. The molecule has 1 amide bonds. The van der Waals surface area contributed by atoms with Crippen molar-refractivity contribution in [2.75, 3.05) is 43.2 Å². The molecule has 3 rings (SSSR count). The van der Waals surface area contributed by atoms with Crippen LogP contribution in [0.1, 0.15) is 44.0 Å². The summed E-state index contributed by atoms with van der Waals surface area (Å²) in [5.74, 6) is 1.74. The fourth-order valence-electron chi connectivity index (χ4n) is 3.54. The SMILES string of the molecule is CSCCC(=O)N[C@@H]1CC(C)(C)Cc2nc(N3CCOCC3)ncc21. The first-order valence-corrected chi connectivity index (χ1v) is 10.3. The van der Waals surface area contributed by atoms with E-state index < -0.39 is 0 Å². The molecule has 0 bridgehead atoms. The van der Waals surface area contributed by atoms with Crippen LogP contribution < -0.4 is 10.2 Å². The number of fused-ring (bicyclic) bond motifs is 1. The maximum absolute atomic E-state index is 12.2. The lowest BCUT2D eigenvalue weighted by Gasteiger charge is -2.37. The van der Waals surface area contributed by atoms with Crippen molar-refractivity contribution < 1.29 is 9.53 Å². The van der Waals surface area contributed by atoms with E-state index in [1.807, 2.05) is 12.5 Å². The number of carbonyl (C=O) groups is 1. The predicted octanol–water partition coefficient (Wildman–Crippen LogP) is 2.20. The minimum atomic E-state index is 0.00634. The summed E-state index contributed by atoms with van der Waals surface area (Å²) in [5.41, 5.74) is 2.26. The van der Waals surface area contributed by atoms with Gasteiger partial charge >= 0.3 is 0 Å². The molecule has 1 aliphatic heterocycles. The second-order valence-electron chi connectivity index (χ2n) is 7.58. The van der Waals surface area contributed by atoms with E-state index in [-0.39, 0.29) is 17.4 Å². The van der Waals surface area contributed by atoms with E-state index in [9.17, 15) is 4.79 Å². The van der Waals surface area contributed by atoms with Crippen LogP contribution in [0.2, 0.25) is 0 Å². The van der Waals surface area contributed by atoms with Gasteiger partial charge in [0.25, 0.3) is 0 Å². The molecule has 2 heterocycles. The first kappa shape index (κ1) is 18.5. The maximum atomic E-state index is 12.2. The molecule has 7 heteroatoms. The number of nitrogens with zero attached hydrogens (tertiary/aromatic N) is 3. The van der Waals surface area contributed by atoms with Crippen LogP contribution in [0, 0.1) is 5.41 Å². The van der Waals surface area contributed by atoms with Crippen molar-refractivity contribution in [3.63, 3.8) is 0 Å². The number of nitrogens with one attached hydrogen (secondary N) is 1. The van der Waals surface area contributed by atoms with Crippen molar-refractivity contribution in [2.24, 2.45) is 5.41 Å². The van der Waals surface area contributed by atoms with Crippen LogP contribution >= 0.6 is 11.8 Å². The zero-order valence-electron chi connectivity index (χ0n) is 15.4. The van der Waals surface area contributed by atoms with Gasteiger partial charge in [-0.05, 0) is 24.5 Å². The normalized spacial score (nSPS) is 22.4. The van der Waals surface area contributed by atoms with Crippen molar-refractivity contribution in [2.45, 2.75) is 39.2 Å². The lowest BCUT2D eigenvalue weighted by Crippen LogP contribution is -2.39. The molecule has 0 spiro atoms. The molecule has 1 fully saturated rings. The van der Waals surface area contributed by atoms with Gasteiger partial charge in [-0.25, -0.2) is 9.97 Å². The number of rotatable bonds is 5. The zero-order chi connectivity index (χ0) is 17.9. The van der Waals surface area contributed by atoms with Gasteiger partial charge in [-0.15, -0.1) is 0 Å². The Morgan fingerprint density at radius 2 is 2.20 bits per heavy atom. The molecule has 0 aromatic carbocycles. The number of ether oxygens (including phenoxy) is 1. The highest BCUT2D eigenvalue weighted by Gasteiger charge is 2.34. The molecular weight excluding hydrogens is 336 g/mol. The Morgan fingerprint density at radius 1 is 1.44 bits per heavy atom. The van der Waals surface area contributed by atoms with Crippen LogP contribution in [0.3, 0.4) is 0 Å². The standard InChI is InChI=1S/C18H28N4O2S/c1-18(2)10-14(20-16(23)4-9-25-3)13-12-19-17(21-15(13)11-18)22-5-7-24-8-6-22/h12,14H,4-11H2,1-3H3,(H,20,23)/t14-/m1/s1. The van der Waals surface area contributed by atoms with E-state index in [2.05, 4.69) is 29.0 Å². The fourth-order valence-corrected chi connectivity index (χ4v) is 3.93. The molecule has 0 unspecified atom stereocenters. The van der Waals surface area contributed by atoms with E-state index in [0.29, 0.717) is 6.42 Å². The minimum absolute atomic E-state index is 0.00634. The molecule has 6 nitrogen and oxygen atoms in total. The number of carbonyl (C=O) groups excluding carboxylic acids is 1. The highest BCUT2D eigenvalue weighted by Crippen LogP contribution is 2.40. The molecule has 138 valence electrons. The molecule has 0 radical (unpaired) electrons. The Morgan fingerprint density at radius 3 is 2.92 bits per heavy atom. The average Bonchev–Trinajstić information content (AvgIpc) is 2.59. The quantitative estimate of drug-likeness (QED) is 0.864. The number of aromatic nitrogens is 2. The molecule has 1 saturated heterocycles. The van der Waals surface area contributed by atoms with Crippen LogP contribution in [0.15, 0.2) is 6.20 Å². The first-order valence-electron chi connectivity index (χ1n) is 8.95. The Kier molecular flexibility index (Phi) is 5.84. The smallest absolute Gasteiger partial charge is 0.225 e. The molecule has 25 heavy (non-hydrogen) atoms. The lowest BCUT2D eigenvalue weighted by atomic mass is 9.74. The summed E-state index contributed by atoms with van der Waals surface area (Å²) >= 11 is 1.69. The molecule has 2 aliphatic rings.